The van der Waals surface area contributed by atoms with E-state index in [0.717, 1.165) is 48.4 Å². The van der Waals surface area contributed by atoms with Gasteiger partial charge in [-0.2, -0.15) is 5.10 Å². The van der Waals surface area contributed by atoms with Crippen molar-refractivity contribution in [1.29, 1.82) is 0 Å². The summed E-state index contributed by atoms with van der Waals surface area (Å²) in [4.78, 5) is 25.3. The van der Waals surface area contributed by atoms with E-state index < -0.39 is 0 Å². The first-order chi connectivity index (χ1) is 14.9. The molecule has 6 nitrogen and oxygen atoms in total. The number of aryl methyl sites for hydroxylation is 1. The Hall–Kier alpha value is -2.63. The molecule has 4 bridgehead atoms. The molecule has 0 atom stereocenters. The van der Waals surface area contributed by atoms with Gasteiger partial charge in [-0.3, -0.25) is 4.79 Å². The summed E-state index contributed by atoms with van der Waals surface area (Å²) >= 11 is 0. The van der Waals surface area contributed by atoms with Gasteiger partial charge in [0.15, 0.2) is 0 Å². The highest BCUT2D eigenvalue weighted by Gasteiger charge is 2.51. The number of carbonyl (C=O) groups excluding carboxylic acids is 2. The Balaban J connectivity index is 1.33. The summed E-state index contributed by atoms with van der Waals surface area (Å²) in [6.07, 6.45) is 7.52. The highest BCUT2D eigenvalue weighted by Crippen LogP contribution is 2.55. The van der Waals surface area contributed by atoms with E-state index in [1.807, 2.05) is 38.1 Å². The van der Waals surface area contributed by atoms with Crippen LogP contribution in [0.4, 0.5) is 0 Å². The Labute approximate surface area is 183 Å². The first-order valence-electron chi connectivity index (χ1n) is 11.5. The summed E-state index contributed by atoms with van der Waals surface area (Å²) in [6.45, 7) is 5.79. The molecule has 0 spiro atoms. The van der Waals surface area contributed by atoms with Crippen LogP contribution in [0.1, 0.15) is 77.6 Å². The predicted molar refractivity (Wildman–Crippen MR) is 117 cm³/mol. The number of rotatable bonds is 5. The number of carbonyl (C=O) groups is 2. The molecule has 6 heteroatoms. The highest BCUT2D eigenvalue weighted by molar-refractivity contribution is 5.95. The van der Waals surface area contributed by atoms with Gasteiger partial charge in [-0.15, -0.1) is 0 Å². The fourth-order valence-corrected chi connectivity index (χ4v) is 6.72. The third-order valence-corrected chi connectivity index (χ3v) is 7.56. The first kappa shape index (κ1) is 20.3. The minimum Gasteiger partial charge on any atom is -0.462 e. The molecule has 6 rings (SSSR count). The van der Waals surface area contributed by atoms with Gasteiger partial charge in [0.1, 0.15) is 5.56 Å². The lowest BCUT2D eigenvalue weighted by Crippen LogP contribution is -2.59. The van der Waals surface area contributed by atoms with Crippen LogP contribution >= 0.6 is 0 Å². The quantitative estimate of drug-likeness (QED) is 0.728. The van der Waals surface area contributed by atoms with Crippen molar-refractivity contribution in [3.8, 4) is 5.69 Å². The van der Waals surface area contributed by atoms with Crippen LogP contribution in [0.25, 0.3) is 5.69 Å². The number of esters is 1. The van der Waals surface area contributed by atoms with E-state index in [1.54, 1.807) is 11.6 Å². The summed E-state index contributed by atoms with van der Waals surface area (Å²) in [5.74, 6) is 2.07. The molecule has 1 aromatic carbocycles. The summed E-state index contributed by atoms with van der Waals surface area (Å²) in [5, 5.41) is 7.95. The fourth-order valence-electron chi connectivity index (χ4n) is 6.72. The van der Waals surface area contributed by atoms with Crippen molar-refractivity contribution in [3.05, 3.63) is 46.8 Å². The van der Waals surface area contributed by atoms with E-state index in [0.29, 0.717) is 23.4 Å². The average Bonchev–Trinajstić information content (AvgIpc) is 3.01. The molecule has 4 saturated carbocycles. The molecule has 0 unspecified atom stereocenters. The zero-order valence-corrected chi connectivity index (χ0v) is 18.6. The Kier molecular flexibility index (Phi) is 4.91. The van der Waals surface area contributed by atoms with E-state index in [-0.39, 0.29) is 17.4 Å². The number of nitrogens with zero attached hydrogens (tertiary/aromatic N) is 2. The maximum absolute atomic E-state index is 13.1. The van der Waals surface area contributed by atoms with Crippen molar-refractivity contribution < 1.29 is 14.3 Å². The van der Waals surface area contributed by atoms with Crippen LogP contribution in [0.5, 0.6) is 0 Å². The number of aromatic nitrogens is 2. The van der Waals surface area contributed by atoms with Crippen LogP contribution < -0.4 is 5.32 Å². The SMILES string of the molecule is CCOC(=O)c1c(C)nn(-c2ccc(C(=O)NC34CC5CC(CC(C5)C3)C4)cc2)c1C. The number of ether oxygens (including phenoxy) is 1. The predicted octanol–water partition coefficient (Wildman–Crippen LogP) is 4.36. The van der Waals surface area contributed by atoms with Crippen LogP contribution in [0.2, 0.25) is 0 Å². The zero-order valence-electron chi connectivity index (χ0n) is 18.6. The molecule has 4 fully saturated rings. The van der Waals surface area contributed by atoms with E-state index in [4.69, 9.17) is 4.74 Å². The summed E-state index contributed by atoms with van der Waals surface area (Å²) in [7, 11) is 0. The van der Waals surface area contributed by atoms with Gasteiger partial charge in [0.05, 0.1) is 23.7 Å². The molecular formula is C25H31N3O3. The summed E-state index contributed by atoms with van der Waals surface area (Å²) in [6, 6.07) is 7.49. The van der Waals surface area contributed by atoms with E-state index in [1.165, 1.54) is 19.3 Å². The van der Waals surface area contributed by atoms with E-state index in [9.17, 15) is 9.59 Å². The van der Waals surface area contributed by atoms with E-state index in [2.05, 4.69) is 10.4 Å². The Morgan fingerprint density at radius 2 is 1.65 bits per heavy atom. The number of amides is 1. The van der Waals surface area contributed by atoms with Crippen LogP contribution in [-0.2, 0) is 4.74 Å². The molecule has 4 aliphatic carbocycles. The molecule has 1 heterocycles. The second-order valence-electron chi connectivity index (χ2n) is 9.88. The molecule has 1 N–H and O–H groups in total. The van der Waals surface area contributed by atoms with Crippen LogP contribution in [0.3, 0.4) is 0 Å². The lowest BCUT2D eigenvalue weighted by molar-refractivity contribution is -0.0167. The van der Waals surface area contributed by atoms with Crippen LogP contribution in [-0.4, -0.2) is 33.8 Å². The van der Waals surface area contributed by atoms with Gasteiger partial charge in [-0.1, -0.05) is 0 Å². The summed E-state index contributed by atoms with van der Waals surface area (Å²) < 4.78 is 6.90. The molecule has 1 aromatic heterocycles. The normalized spacial score (nSPS) is 28.5. The molecule has 2 aromatic rings. The monoisotopic (exact) mass is 421 g/mol. The Morgan fingerprint density at radius 1 is 1.06 bits per heavy atom. The van der Waals surface area contributed by atoms with Crippen molar-refractivity contribution in [2.75, 3.05) is 6.61 Å². The van der Waals surface area contributed by atoms with Gasteiger partial charge in [-0.25, -0.2) is 9.48 Å². The Morgan fingerprint density at radius 3 is 2.19 bits per heavy atom. The third kappa shape index (κ3) is 3.56. The lowest BCUT2D eigenvalue weighted by Gasteiger charge is -2.56. The molecule has 0 saturated heterocycles. The van der Waals surface area contributed by atoms with Crippen molar-refractivity contribution >= 4 is 11.9 Å². The van der Waals surface area contributed by atoms with Crippen molar-refractivity contribution in [2.24, 2.45) is 17.8 Å². The first-order valence-corrected chi connectivity index (χ1v) is 11.5. The van der Waals surface area contributed by atoms with E-state index >= 15 is 0 Å². The zero-order chi connectivity index (χ0) is 21.8. The van der Waals surface area contributed by atoms with Gasteiger partial charge in [0, 0.05) is 11.1 Å². The smallest absolute Gasteiger partial charge is 0.341 e. The van der Waals surface area contributed by atoms with Gasteiger partial charge in [-0.05, 0) is 101 Å². The topological polar surface area (TPSA) is 73.2 Å². The van der Waals surface area contributed by atoms with Gasteiger partial charge < -0.3 is 10.1 Å². The van der Waals surface area contributed by atoms with Gasteiger partial charge in [0.2, 0.25) is 0 Å². The molecule has 4 aliphatic rings. The van der Waals surface area contributed by atoms with Crippen molar-refractivity contribution in [1.82, 2.24) is 15.1 Å². The molecule has 0 radical (unpaired) electrons. The fraction of sp³-hybridized carbons (Fsp3) is 0.560. The van der Waals surface area contributed by atoms with Crippen LogP contribution in [0, 0.1) is 31.6 Å². The van der Waals surface area contributed by atoms with Crippen molar-refractivity contribution in [2.45, 2.75) is 64.8 Å². The molecular weight excluding hydrogens is 390 g/mol. The molecule has 1 amide bonds. The number of nitrogens with one attached hydrogen (secondary N) is 1. The number of hydrogen-bond acceptors (Lipinski definition) is 4. The third-order valence-electron chi connectivity index (χ3n) is 7.56. The van der Waals surface area contributed by atoms with Gasteiger partial charge >= 0.3 is 5.97 Å². The molecule has 31 heavy (non-hydrogen) atoms. The van der Waals surface area contributed by atoms with Crippen molar-refractivity contribution in [3.63, 3.8) is 0 Å². The number of benzene rings is 1. The minimum absolute atomic E-state index is 0.00866. The lowest BCUT2D eigenvalue weighted by atomic mass is 9.53. The Bertz CT molecular complexity index is 986. The second-order valence-corrected chi connectivity index (χ2v) is 9.88. The number of hydrogen-bond donors (Lipinski definition) is 1. The maximum atomic E-state index is 13.1. The minimum atomic E-state index is -0.352. The molecule has 0 aliphatic heterocycles. The summed E-state index contributed by atoms with van der Waals surface area (Å²) in [5.41, 5.74) is 3.38. The van der Waals surface area contributed by atoms with Gasteiger partial charge in [0.25, 0.3) is 5.91 Å². The second kappa shape index (κ2) is 7.50. The van der Waals surface area contributed by atoms with Crippen LogP contribution in [0.15, 0.2) is 24.3 Å². The molecule has 164 valence electrons. The standard InChI is InChI=1S/C25H31N3O3/c1-4-31-24(30)22-15(2)27-28(16(22)3)21-7-5-20(6-8-21)23(29)26-25-12-17-9-18(13-25)11-19(10-17)14-25/h5-8,17-19H,4,9-14H2,1-3H3,(H,26,29). The maximum Gasteiger partial charge on any atom is 0.341 e. The largest absolute Gasteiger partial charge is 0.462 e. The highest BCUT2D eigenvalue weighted by atomic mass is 16.5. The average molecular weight is 422 g/mol.